The van der Waals surface area contributed by atoms with E-state index in [4.69, 9.17) is 9.47 Å². The predicted octanol–water partition coefficient (Wildman–Crippen LogP) is 4.35. The molecule has 1 saturated carbocycles. The van der Waals surface area contributed by atoms with Crippen LogP contribution in [0.1, 0.15) is 44.6 Å². The van der Waals surface area contributed by atoms with Crippen molar-refractivity contribution in [3.05, 3.63) is 60.7 Å². The van der Waals surface area contributed by atoms with E-state index in [2.05, 4.69) is 13.2 Å². The summed E-state index contributed by atoms with van der Waals surface area (Å²) in [4.78, 5) is 21.7. The van der Waals surface area contributed by atoms with Crippen molar-refractivity contribution in [2.75, 3.05) is 0 Å². The van der Waals surface area contributed by atoms with E-state index < -0.39 is 0 Å². The lowest BCUT2D eigenvalue weighted by molar-refractivity contribution is -0.145. The van der Waals surface area contributed by atoms with E-state index in [9.17, 15) is 9.59 Å². The SMILES string of the molecule is C=C(C)C(=O)OC1CCCCC1.C=CC(=O)OCc1ccccc1. The van der Waals surface area contributed by atoms with E-state index in [1.165, 1.54) is 19.3 Å². The molecule has 0 aliphatic heterocycles. The molecule has 1 aliphatic carbocycles. The summed E-state index contributed by atoms with van der Waals surface area (Å²) >= 11 is 0. The maximum Gasteiger partial charge on any atom is 0.333 e. The first-order valence-corrected chi connectivity index (χ1v) is 8.22. The zero-order valence-electron chi connectivity index (χ0n) is 14.3. The largest absolute Gasteiger partial charge is 0.459 e. The molecular formula is C20H26O4. The molecule has 0 unspecified atom stereocenters. The van der Waals surface area contributed by atoms with Gasteiger partial charge in [0.2, 0.25) is 0 Å². The lowest BCUT2D eigenvalue weighted by Crippen LogP contribution is -2.20. The molecule has 0 radical (unpaired) electrons. The van der Waals surface area contributed by atoms with Crippen LogP contribution in [0.25, 0.3) is 0 Å². The molecule has 1 aliphatic rings. The second-order valence-corrected chi connectivity index (χ2v) is 5.74. The quantitative estimate of drug-likeness (QED) is 0.595. The van der Waals surface area contributed by atoms with Gasteiger partial charge in [-0.25, -0.2) is 9.59 Å². The first-order valence-electron chi connectivity index (χ1n) is 8.22. The van der Waals surface area contributed by atoms with Crippen LogP contribution in [0.15, 0.2) is 55.1 Å². The Labute approximate surface area is 144 Å². The number of rotatable bonds is 5. The Morgan fingerprint density at radius 2 is 1.79 bits per heavy atom. The lowest BCUT2D eigenvalue weighted by atomic mass is 9.98. The third-order valence-electron chi connectivity index (χ3n) is 3.56. The number of ether oxygens (including phenoxy) is 2. The predicted molar refractivity (Wildman–Crippen MR) is 94.2 cm³/mol. The van der Waals surface area contributed by atoms with Gasteiger partial charge in [-0.05, 0) is 38.2 Å². The van der Waals surface area contributed by atoms with Gasteiger partial charge in [-0.3, -0.25) is 0 Å². The number of hydrogen-bond acceptors (Lipinski definition) is 4. The molecule has 0 amide bonds. The maximum absolute atomic E-state index is 11.1. The van der Waals surface area contributed by atoms with Gasteiger partial charge < -0.3 is 9.47 Å². The highest BCUT2D eigenvalue weighted by Gasteiger charge is 2.17. The Morgan fingerprint density at radius 1 is 1.17 bits per heavy atom. The summed E-state index contributed by atoms with van der Waals surface area (Å²) in [7, 11) is 0. The molecule has 4 nitrogen and oxygen atoms in total. The van der Waals surface area contributed by atoms with Crippen molar-refractivity contribution in [2.45, 2.75) is 51.7 Å². The minimum Gasteiger partial charge on any atom is -0.459 e. The van der Waals surface area contributed by atoms with Gasteiger partial charge in [-0.1, -0.05) is 49.9 Å². The molecule has 1 aromatic rings. The van der Waals surface area contributed by atoms with Crippen LogP contribution < -0.4 is 0 Å². The fourth-order valence-corrected chi connectivity index (χ4v) is 2.22. The second-order valence-electron chi connectivity index (χ2n) is 5.74. The van der Waals surface area contributed by atoms with Crippen molar-refractivity contribution in [3.63, 3.8) is 0 Å². The van der Waals surface area contributed by atoms with E-state index in [1.54, 1.807) is 6.92 Å². The average Bonchev–Trinajstić information content (AvgIpc) is 2.62. The van der Waals surface area contributed by atoms with Crippen molar-refractivity contribution < 1.29 is 19.1 Å². The van der Waals surface area contributed by atoms with Gasteiger partial charge in [0.25, 0.3) is 0 Å². The third kappa shape index (κ3) is 8.32. The van der Waals surface area contributed by atoms with Crippen LogP contribution in [0.3, 0.4) is 0 Å². The van der Waals surface area contributed by atoms with E-state index in [0.29, 0.717) is 12.2 Å². The number of esters is 2. The maximum atomic E-state index is 11.1. The van der Waals surface area contributed by atoms with Gasteiger partial charge in [0.15, 0.2) is 0 Å². The molecule has 2 rings (SSSR count). The van der Waals surface area contributed by atoms with Crippen LogP contribution in [-0.4, -0.2) is 18.0 Å². The summed E-state index contributed by atoms with van der Waals surface area (Å²) in [5.74, 6) is -0.624. The molecule has 0 atom stereocenters. The summed E-state index contributed by atoms with van der Waals surface area (Å²) in [6, 6.07) is 9.51. The Balaban J connectivity index is 0.000000240. The zero-order chi connectivity index (χ0) is 17.8. The first-order chi connectivity index (χ1) is 11.5. The van der Waals surface area contributed by atoms with E-state index in [-0.39, 0.29) is 18.0 Å². The molecule has 4 heteroatoms. The Kier molecular flexibility index (Phi) is 9.20. The van der Waals surface area contributed by atoms with Gasteiger partial charge in [-0.2, -0.15) is 0 Å². The molecule has 24 heavy (non-hydrogen) atoms. The van der Waals surface area contributed by atoms with Gasteiger partial charge in [0, 0.05) is 11.6 Å². The highest BCUT2D eigenvalue weighted by molar-refractivity contribution is 5.87. The van der Waals surface area contributed by atoms with Crippen LogP contribution in [0, 0.1) is 0 Å². The minimum atomic E-state index is -0.390. The van der Waals surface area contributed by atoms with Crippen molar-refractivity contribution in [1.82, 2.24) is 0 Å². The highest BCUT2D eigenvalue weighted by Crippen LogP contribution is 2.20. The van der Waals surface area contributed by atoms with Gasteiger partial charge in [0.1, 0.15) is 12.7 Å². The average molecular weight is 330 g/mol. The summed E-state index contributed by atoms with van der Waals surface area (Å²) in [6.07, 6.45) is 7.02. The molecule has 0 spiro atoms. The van der Waals surface area contributed by atoms with E-state index in [0.717, 1.165) is 24.5 Å². The molecule has 1 aromatic carbocycles. The monoisotopic (exact) mass is 330 g/mol. The Bertz CT molecular complexity index is 542. The lowest BCUT2D eigenvalue weighted by Gasteiger charge is -2.21. The third-order valence-corrected chi connectivity index (χ3v) is 3.56. The Hall–Kier alpha value is -2.36. The topological polar surface area (TPSA) is 52.6 Å². The molecule has 0 N–H and O–H groups in total. The van der Waals surface area contributed by atoms with Crippen LogP contribution in [0.2, 0.25) is 0 Å². The van der Waals surface area contributed by atoms with Gasteiger partial charge in [0.05, 0.1) is 0 Å². The van der Waals surface area contributed by atoms with Crippen LogP contribution in [0.5, 0.6) is 0 Å². The summed E-state index contributed by atoms with van der Waals surface area (Å²) < 4.78 is 10.0. The zero-order valence-corrected chi connectivity index (χ0v) is 14.3. The fourth-order valence-electron chi connectivity index (χ4n) is 2.22. The second kappa shape index (κ2) is 11.2. The molecule has 1 fully saturated rings. The number of benzene rings is 1. The highest BCUT2D eigenvalue weighted by atomic mass is 16.5. The number of carbonyl (C=O) groups excluding carboxylic acids is 2. The number of hydrogen-bond donors (Lipinski definition) is 0. The van der Waals surface area contributed by atoms with Crippen molar-refractivity contribution in [3.8, 4) is 0 Å². The Morgan fingerprint density at radius 3 is 2.33 bits per heavy atom. The van der Waals surface area contributed by atoms with Crippen molar-refractivity contribution >= 4 is 11.9 Å². The normalized spacial score (nSPS) is 13.9. The smallest absolute Gasteiger partial charge is 0.333 e. The van der Waals surface area contributed by atoms with Crippen molar-refractivity contribution in [2.24, 2.45) is 0 Å². The van der Waals surface area contributed by atoms with Crippen LogP contribution in [-0.2, 0) is 25.7 Å². The first kappa shape index (κ1) is 19.7. The number of carbonyl (C=O) groups is 2. The molecule has 0 aromatic heterocycles. The minimum absolute atomic E-state index is 0.156. The molecule has 0 saturated heterocycles. The summed E-state index contributed by atoms with van der Waals surface area (Å²) in [5, 5.41) is 0. The molecule has 0 bridgehead atoms. The fraction of sp³-hybridized carbons (Fsp3) is 0.400. The standard InChI is InChI=1S/C10H16O2.C10H10O2/c1-8(2)10(11)12-9-6-4-3-5-7-9;1-2-10(11)12-8-9-6-4-3-5-7-9/h9H,1,3-7H2,2H3;2-7H,1,8H2. The van der Waals surface area contributed by atoms with E-state index >= 15 is 0 Å². The van der Waals surface area contributed by atoms with Crippen LogP contribution in [0.4, 0.5) is 0 Å². The summed E-state index contributed by atoms with van der Waals surface area (Å²) in [6.45, 7) is 8.84. The van der Waals surface area contributed by atoms with Crippen LogP contribution >= 0.6 is 0 Å². The van der Waals surface area contributed by atoms with Crippen molar-refractivity contribution in [1.29, 1.82) is 0 Å². The molecular weight excluding hydrogens is 304 g/mol. The molecule has 0 heterocycles. The van der Waals surface area contributed by atoms with Gasteiger partial charge in [-0.15, -0.1) is 0 Å². The summed E-state index contributed by atoms with van der Waals surface area (Å²) in [5.41, 5.74) is 1.48. The van der Waals surface area contributed by atoms with E-state index in [1.807, 2.05) is 30.3 Å². The van der Waals surface area contributed by atoms with Gasteiger partial charge >= 0.3 is 11.9 Å². The molecule has 130 valence electrons.